The molecule has 0 aromatic carbocycles. The van der Waals surface area contributed by atoms with E-state index in [2.05, 4.69) is 0 Å². The summed E-state index contributed by atoms with van der Waals surface area (Å²) < 4.78 is 0. The lowest BCUT2D eigenvalue weighted by atomic mass is 9.85. The minimum Gasteiger partial charge on any atom is -0.274 e. The monoisotopic (exact) mass is 229 g/mol. The maximum absolute atomic E-state index is 11.8. The van der Waals surface area contributed by atoms with Gasteiger partial charge in [-0.1, -0.05) is 12.2 Å². The van der Waals surface area contributed by atoms with Crippen LogP contribution in [0.4, 0.5) is 0 Å². The van der Waals surface area contributed by atoms with Crippen LogP contribution in [0.15, 0.2) is 12.2 Å². The number of halogens is 1. The quantitative estimate of drug-likeness (QED) is 0.289. The van der Waals surface area contributed by atoms with E-state index in [4.69, 9.17) is 11.6 Å². The molecule has 3 aliphatic heterocycles. The molecular formula is C9H8ClNO2S. The zero-order valence-corrected chi connectivity index (χ0v) is 8.79. The summed E-state index contributed by atoms with van der Waals surface area (Å²) in [6.07, 6.45) is 4.08. The van der Waals surface area contributed by atoms with Gasteiger partial charge in [0.25, 0.3) is 0 Å². The molecule has 5 heteroatoms. The Kier molecular flexibility index (Phi) is 1.74. The molecule has 4 atom stereocenters. The van der Waals surface area contributed by atoms with E-state index in [9.17, 15) is 9.59 Å². The molecule has 3 heterocycles. The Hall–Kier alpha value is -0.480. The fourth-order valence-electron chi connectivity index (χ4n) is 2.48. The van der Waals surface area contributed by atoms with Gasteiger partial charge in [0, 0.05) is 10.5 Å². The molecule has 0 N–H and O–H groups in total. The van der Waals surface area contributed by atoms with Crippen molar-refractivity contribution in [2.45, 2.75) is 10.5 Å². The molecule has 3 aliphatic rings. The summed E-state index contributed by atoms with van der Waals surface area (Å²) in [7, 11) is 0. The van der Waals surface area contributed by atoms with Gasteiger partial charge >= 0.3 is 0 Å². The lowest BCUT2D eigenvalue weighted by Crippen LogP contribution is -2.31. The molecule has 2 amide bonds. The predicted octanol–water partition coefficient (Wildman–Crippen LogP) is 0.838. The van der Waals surface area contributed by atoms with Gasteiger partial charge in [-0.2, -0.15) is 0 Å². The first-order chi connectivity index (χ1) is 6.74. The molecule has 0 saturated carbocycles. The van der Waals surface area contributed by atoms with Crippen molar-refractivity contribution in [3.05, 3.63) is 12.2 Å². The number of alkyl halides is 1. The van der Waals surface area contributed by atoms with Crippen molar-refractivity contribution in [1.29, 1.82) is 0 Å². The summed E-state index contributed by atoms with van der Waals surface area (Å²) in [4.78, 5) is 24.8. The van der Waals surface area contributed by atoms with Gasteiger partial charge in [-0.25, -0.2) is 0 Å². The molecule has 0 aromatic rings. The standard InChI is InChI=1S/C9H8ClNO2S/c10-3-11-8(12)6-4-1-2-5(14-4)7(6)9(11)13/h1-2,4-7H,3H2. The van der Waals surface area contributed by atoms with E-state index in [1.165, 1.54) is 4.90 Å². The normalized spacial score (nSPS) is 43.9. The van der Waals surface area contributed by atoms with Gasteiger partial charge in [0.2, 0.25) is 11.8 Å². The van der Waals surface area contributed by atoms with Crippen LogP contribution in [0.2, 0.25) is 0 Å². The SMILES string of the molecule is O=C1C2C3C=CC(S3)C2C(=O)N1CCl. The third-order valence-corrected chi connectivity index (χ3v) is 4.89. The Bertz CT molecular complexity index is 327. The van der Waals surface area contributed by atoms with Crippen molar-refractivity contribution in [1.82, 2.24) is 4.90 Å². The highest BCUT2D eigenvalue weighted by molar-refractivity contribution is 8.01. The zero-order chi connectivity index (χ0) is 9.87. The summed E-state index contributed by atoms with van der Waals surface area (Å²) >= 11 is 7.30. The van der Waals surface area contributed by atoms with E-state index >= 15 is 0 Å². The summed E-state index contributed by atoms with van der Waals surface area (Å²) in [6.45, 7) is 0. The minimum atomic E-state index is -0.138. The maximum Gasteiger partial charge on any atom is 0.235 e. The minimum absolute atomic E-state index is 0.00519. The Labute approximate surface area is 90.5 Å². The fraction of sp³-hybridized carbons (Fsp3) is 0.556. The van der Waals surface area contributed by atoms with Crippen molar-refractivity contribution >= 4 is 35.2 Å². The van der Waals surface area contributed by atoms with Crippen LogP contribution in [0.3, 0.4) is 0 Å². The number of amides is 2. The molecule has 2 fully saturated rings. The average molecular weight is 230 g/mol. The number of hydrogen-bond acceptors (Lipinski definition) is 3. The van der Waals surface area contributed by atoms with Gasteiger partial charge in [0.15, 0.2) is 0 Å². The van der Waals surface area contributed by atoms with Gasteiger partial charge in [-0.15, -0.1) is 23.4 Å². The smallest absolute Gasteiger partial charge is 0.235 e. The highest BCUT2D eigenvalue weighted by Crippen LogP contribution is 2.53. The Morgan fingerprint density at radius 3 is 2.14 bits per heavy atom. The number of imide groups is 1. The van der Waals surface area contributed by atoms with Crippen LogP contribution >= 0.6 is 23.4 Å². The van der Waals surface area contributed by atoms with Crippen molar-refractivity contribution < 1.29 is 9.59 Å². The van der Waals surface area contributed by atoms with Crippen molar-refractivity contribution in [3.8, 4) is 0 Å². The molecule has 14 heavy (non-hydrogen) atoms. The van der Waals surface area contributed by atoms with Crippen LogP contribution in [-0.2, 0) is 9.59 Å². The second-order valence-electron chi connectivity index (χ2n) is 3.73. The topological polar surface area (TPSA) is 37.4 Å². The van der Waals surface area contributed by atoms with Crippen LogP contribution in [0, 0.1) is 11.8 Å². The third-order valence-electron chi connectivity index (χ3n) is 3.12. The lowest BCUT2D eigenvalue weighted by molar-refractivity contribution is -0.138. The number of hydrogen-bond donors (Lipinski definition) is 0. The molecule has 0 aliphatic carbocycles. The van der Waals surface area contributed by atoms with Crippen LogP contribution in [0.5, 0.6) is 0 Å². The molecule has 74 valence electrons. The van der Waals surface area contributed by atoms with Gasteiger partial charge < -0.3 is 0 Å². The number of rotatable bonds is 1. The van der Waals surface area contributed by atoms with E-state index in [0.717, 1.165) is 0 Å². The summed E-state index contributed by atoms with van der Waals surface area (Å²) in [5.41, 5.74) is 0. The van der Waals surface area contributed by atoms with Crippen LogP contribution in [0.1, 0.15) is 0 Å². The van der Waals surface area contributed by atoms with Gasteiger partial charge in [0.05, 0.1) is 11.8 Å². The van der Waals surface area contributed by atoms with Crippen LogP contribution in [0.25, 0.3) is 0 Å². The van der Waals surface area contributed by atoms with E-state index in [0.29, 0.717) is 0 Å². The van der Waals surface area contributed by atoms with Crippen molar-refractivity contribution in [3.63, 3.8) is 0 Å². The van der Waals surface area contributed by atoms with Crippen LogP contribution < -0.4 is 0 Å². The van der Waals surface area contributed by atoms with Gasteiger partial charge in [-0.3, -0.25) is 14.5 Å². The highest BCUT2D eigenvalue weighted by Gasteiger charge is 2.59. The number of carbonyl (C=O) groups excluding carboxylic acids is 2. The molecule has 0 radical (unpaired) electrons. The van der Waals surface area contributed by atoms with Gasteiger partial charge in [0.1, 0.15) is 6.00 Å². The highest BCUT2D eigenvalue weighted by atomic mass is 35.5. The van der Waals surface area contributed by atoms with E-state index in [1.54, 1.807) is 11.8 Å². The number of fused-ring (bicyclic) bond motifs is 5. The first kappa shape index (κ1) is 8.80. The molecule has 2 bridgehead atoms. The number of carbonyl (C=O) groups is 2. The van der Waals surface area contributed by atoms with Crippen LogP contribution in [-0.4, -0.2) is 33.2 Å². The summed E-state index contributed by atoms with van der Waals surface area (Å²) in [5, 5.41) is 0.407. The molecule has 2 saturated heterocycles. The second-order valence-corrected chi connectivity index (χ2v) is 5.33. The number of likely N-dealkylation sites (tertiary alicyclic amines) is 1. The summed E-state index contributed by atoms with van der Waals surface area (Å²) in [5.74, 6) is -0.443. The first-order valence-corrected chi connectivity index (χ1v) is 5.97. The molecule has 3 rings (SSSR count). The predicted molar refractivity (Wildman–Crippen MR) is 53.9 cm³/mol. The number of thioether (sulfide) groups is 1. The largest absolute Gasteiger partial charge is 0.274 e. The first-order valence-electron chi connectivity index (χ1n) is 4.49. The summed E-state index contributed by atoms with van der Waals surface area (Å²) in [6, 6.07) is -0.00519. The van der Waals surface area contributed by atoms with E-state index in [1.807, 2.05) is 12.2 Å². The Morgan fingerprint density at radius 2 is 1.71 bits per heavy atom. The molecule has 4 unspecified atom stereocenters. The average Bonchev–Trinajstić information content (AvgIpc) is 2.80. The molecule has 0 spiro atoms. The fourth-order valence-corrected chi connectivity index (χ4v) is 4.35. The Balaban J connectivity index is 2.02. The lowest BCUT2D eigenvalue weighted by Gasteiger charge is -2.12. The molecular weight excluding hydrogens is 222 g/mol. The molecule has 3 nitrogen and oxygen atoms in total. The Morgan fingerprint density at radius 1 is 1.21 bits per heavy atom. The third kappa shape index (κ3) is 0.859. The van der Waals surface area contributed by atoms with Crippen molar-refractivity contribution in [2.75, 3.05) is 6.00 Å². The second kappa shape index (κ2) is 2.76. The zero-order valence-electron chi connectivity index (χ0n) is 7.22. The molecule has 0 aromatic heterocycles. The van der Waals surface area contributed by atoms with E-state index in [-0.39, 0.29) is 40.2 Å². The number of nitrogens with zero attached hydrogens (tertiary/aromatic N) is 1. The van der Waals surface area contributed by atoms with Gasteiger partial charge in [-0.05, 0) is 0 Å². The van der Waals surface area contributed by atoms with E-state index < -0.39 is 0 Å². The maximum atomic E-state index is 11.8. The van der Waals surface area contributed by atoms with Crippen molar-refractivity contribution in [2.24, 2.45) is 11.8 Å².